The van der Waals surface area contributed by atoms with Gasteiger partial charge in [0.1, 0.15) is 12.3 Å². The lowest BCUT2D eigenvalue weighted by Gasteiger charge is -2.01. The van der Waals surface area contributed by atoms with Crippen molar-refractivity contribution in [3.8, 4) is 17.4 Å². The molecule has 11 heteroatoms. The van der Waals surface area contributed by atoms with Gasteiger partial charge in [0, 0.05) is 24.3 Å². The Morgan fingerprint density at radius 2 is 2.07 bits per heavy atom. The van der Waals surface area contributed by atoms with Crippen LogP contribution >= 0.6 is 11.3 Å². The number of anilines is 1. The number of nitrogens with one attached hydrogen (secondary N) is 1. The SMILES string of the molecule is COc1ccc(-[n+]2noc([O-])c2CNc2nc3ccc([N+](=O)[O-])cc3s2)cc1. The first-order valence-electron chi connectivity index (χ1n) is 8.06. The predicted octanol–water partition coefficient (Wildman–Crippen LogP) is 2.16. The minimum Gasteiger partial charge on any atom is -0.539 e. The molecule has 4 aromatic rings. The van der Waals surface area contributed by atoms with Crippen LogP contribution in [0, 0.1) is 10.1 Å². The molecule has 0 bridgehead atoms. The Balaban J connectivity index is 1.57. The number of aromatic nitrogens is 3. The highest BCUT2D eigenvalue weighted by Gasteiger charge is 2.21. The van der Waals surface area contributed by atoms with Crippen molar-refractivity contribution in [3.05, 3.63) is 58.3 Å². The van der Waals surface area contributed by atoms with Gasteiger partial charge in [0.05, 0.1) is 27.5 Å². The van der Waals surface area contributed by atoms with Gasteiger partial charge in [0.15, 0.2) is 11.1 Å². The second-order valence-electron chi connectivity index (χ2n) is 5.70. The number of nitro benzene ring substituents is 1. The molecule has 0 aliphatic rings. The Kier molecular flexibility index (Phi) is 4.49. The van der Waals surface area contributed by atoms with Crippen molar-refractivity contribution < 1.29 is 24.0 Å². The van der Waals surface area contributed by atoms with Gasteiger partial charge in [0.25, 0.3) is 11.4 Å². The number of nitro groups is 1. The summed E-state index contributed by atoms with van der Waals surface area (Å²) in [6, 6.07) is 11.5. The molecule has 0 saturated heterocycles. The van der Waals surface area contributed by atoms with E-state index in [0.29, 0.717) is 26.8 Å². The van der Waals surface area contributed by atoms with Crippen molar-refractivity contribution >= 4 is 32.4 Å². The van der Waals surface area contributed by atoms with Gasteiger partial charge in [-0.1, -0.05) is 11.3 Å². The summed E-state index contributed by atoms with van der Waals surface area (Å²) in [6.45, 7) is 0.121. The molecule has 0 amide bonds. The Morgan fingerprint density at radius 1 is 1.29 bits per heavy atom. The third-order valence-corrected chi connectivity index (χ3v) is 4.98. The summed E-state index contributed by atoms with van der Waals surface area (Å²) in [6.07, 6.45) is 0. The highest BCUT2D eigenvalue weighted by molar-refractivity contribution is 7.22. The summed E-state index contributed by atoms with van der Waals surface area (Å²) < 4.78 is 12.0. The third-order valence-electron chi connectivity index (χ3n) is 4.00. The summed E-state index contributed by atoms with van der Waals surface area (Å²) in [5.74, 6) is 0.110. The van der Waals surface area contributed by atoms with E-state index in [1.807, 2.05) is 0 Å². The number of fused-ring (bicyclic) bond motifs is 1. The maximum Gasteiger partial charge on any atom is 0.270 e. The topological polar surface area (TPSA) is 130 Å². The maximum absolute atomic E-state index is 12.0. The highest BCUT2D eigenvalue weighted by atomic mass is 32.1. The summed E-state index contributed by atoms with van der Waals surface area (Å²) in [7, 11) is 1.57. The van der Waals surface area contributed by atoms with Crippen LogP contribution in [0.3, 0.4) is 0 Å². The quantitative estimate of drug-likeness (QED) is 0.296. The van der Waals surface area contributed by atoms with Gasteiger partial charge < -0.3 is 19.7 Å². The van der Waals surface area contributed by atoms with Crippen LogP contribution in [-0.4, -0.2) is 22.3 Å². The van der Waals surface area contributed by atoms with E-state index in [9.17, 15) is 15.2 Å². The monoisotopic (exact) mass is 399 g/mol. The molecule has 0 saturated carbocycles. The number of methoxy groups -OCH3 is 1. The second kappa shape index (κ2) is 7.12. The lowest BCUT2D eigenvalue weighted by Crippen LogP contribution is -2.37. The van der Waals surface area contributed by atoms with Crippen molar-refractivity contribution in [2.75, 3.05) is 12.4 Å². The molecule has 2 aromatic heterocycles. The molecule has 0 spiro atoms. The first kappa shape index (κ1) is 17.7. The highest BCUT2D eigenvalue weighted by Crippen LogP contribution is 2.29. The maximum atomic E-state index is 12.0. The average molecular weight is 399 g/mol. The molecule has 142 valence electrons. The Morgan fingerprint density at radius 3 is 2.79 bits per heavy atom. The summed E-state index contributed by atoms with van der Waals surface area (Å²) in [4.78, 5) is 14.8. The van der Waals surface area contributed by atoms with Crippen molar-refractivity contribution in [1.82, 2.24) is 10.3 Å². The van der Waals surface area contributed by atoms with Crippen LogP contribution in [0.2, 0.25) is 0 Å². The van der Waals surface area contributed by atoms with Gasteiger partial charge in [-0.25, -0.2) is 4.98 Å². The van der Waals surface area contributed by atoms with Crippen LogP contribution in [0.1, 0.15) is 5.69 Å². The molecule has 1 N–H and O–H groups in total. The van der Waals surface area contributed by atoms with Crippen molar-refractivity contribution in [2.45, 2.75) is 6.54 Å². The number of non-ortho nitro benzene ring substituents is 1. The molecule has 0 radical (unpaired) electrons. The average Bonchev–Trinajstić information content (AvgIpc) is 3.28. The minimum atomic E-state index is -0.569. The standard InChI is InChI=1S/C17H13N5O5S/c1-26-12-5-2-10(3-6-12)21-14(16(23)27-20-21)9-18-17-19-13-7-4-11(22(24)25)8-15(13)28-17/h2-8H,9H2,1H3,(H-,18,19,20,23). The van der Waals surface area contributed by atoms with Crippen molar-refractivity contribution in [3.63, 3.8) is 0 Å². The van der Waals surface area contributed by atoms with Gasteiger partial charge in [-0.15, -0.1) is 0 Å². The summed E-state index contributed by atoms with van der Waals surface area (Å²) in [5, 5.41) is 30.3. The van der Waals surface area contributed by atoms with Crippen molar-refractivity contribution in [1.29, 1.82) is 0 Å². The van der Waals surface area contributed by atoms with E-state index in [1.165, 1.54) is 28.2 Å². The van der Waals surface area contributed by atoms with Gasteiger partial charge in [-0.3, -0.25) is 10.1 Å². The molecule has 0 unspecified atom stereocenters. The number of ether oxygens (including phenoxy) is 1. The molecule has 0 aliphatic carbocycles. The first-order valence-corrected chi connectivity index (χ1v) is 8.88. The summed E-state index contributed by atoms with van der Waals surface area (Å²) >= 11 is 1.26. The van der Waals surface area contributed by atoms with Crippen LogP contribution in [-0.2, 0) is 6.54 Å². The largest absolute Gasteiger partial charge is 0.539 e. The Labute approximate surface area is 161 Å². The number of hydrogen-bond donors (Lipinski definition) is 1. The zero-order valence-corrected chi connectivity index (χ0v) is 15.3. The van der Waals surface area contributed by atoms with E-state index in [-0.39, 0.29) is 17.9 Å². The Hall–Kier alpha value is -3.73. The van der Waals surface area contributed by atoms with E-state index in [1.54, 1.807) is 37.4 Å². The van der Waals surface area contributed by atoms with E-state index in [4.69, 9.17) is 9.26 Å². The third kappa shape index (κ3) is 3.30. The molecular weight excluding hydrogens is 386 g/mol. The smallest absolute Gasteiger partial charge is 0.270 e. The number of nitrogens with zero attached hydrogens (tertiary/aromatic N) is 4. The fourth-order valence-corrected chi connectivity index (χ4v) is 3.50. The lowest BCUT2D eigenvalue weighted by molar-refractivity contribution is -0.677. The minimum absolute atomic E-state index is 0.000858. The van der Waals surface area contributed by atoms with E-state index < -0.39 is 10.9 Å². The van der Waals surface area contributed by atoms with Gasteiger partial charge in [0.2, 0.25) is 5.69 Å². The van der Waals surface area contributed by atoms with Crippen molar-refractivity contribution in [2.24, 2.45) is 0 Å². The Bertz CT molecular complexity index is 1150. The first-order chi connectivity index (χ1) is 13.5. The van der Waals surface area contributed by atoms with E-state index in [2.05, 4.69) is 15.6 Å². The van der Waals surface area contributed by atoms with Crippen LogP contribution < -0.4 is 19.8 Å². The number of rotatable bonds is 6. The molecule has 0 fully saturated rings. The van der Waals surface area contributed by atoms with Crippen LogP contribution in [0.4, 0.5) is 10.8 Å². The second-order valence-corrected chi connectivity index (χ2v) is 6.73. The zero-order chi connectivity index (χ0) is 19.7. The lowest BCUT2D eigenvalue weighted by atomic mass is 10.3. The molecule has 0 aliphatic heterocycles. The molecule has 2 aromatic carbocycles. The van der Waals surface area contributed by atoms with Gasteiger partial charge in [-0.2, -0.15) is 0 Å². The van der Waals surface area contributed by atoms with E-state index in [0.717, 1.165) is 0 Å². The number of thiazole rings is 1. The molecule has 0 atom stereocenters. The van der Waals surface area contributed by atoms with Gasteiger partial charge >= 0.3 is 0 Å². The van der Waals surface area contributed by atoms with Crippen LogP contribution in [0.25, 0.3) is 15.9 Å². The summed E-state index contributed by atoms with van der Waals surface area (Å²) in [5.41, 5.74) is 1.56. The fraction of sp³-hybridized carbons (Fsp3) is 0.118. The molecular formula is C17H13N5O5S. The zero-order valence-electron chi connectivity index (χ0n) is 14.5. The van der Waals surface area contributed by atoms with Gasteiger partial charge in [-0.05, 0) is 22.9 Å². The fourth-order valence-electron chi connectivity index (χ4n) is 2.60. The normalized spacial score (nSPS) is 10.9. The van der Waals surface area contributed by atoms with E-state index >= 15 is 0 Å². The van der Waals surface area contributed by atoms with Crippen LogP contribution in [0.5, 0.6) is 11.7 Å². The van der Waals surface area contributed by atoms with Crippen LogP contribution in [0.15, 0.2) is 47.0 Å². The predicted molar refractivity (Wildman–Crippen MR) is 97.6 cm³/mol. The molecule has 4 rings (SSSR count). The molecule has 2 heterocycles. The number of hydrogen-bond acceptors (Lipinski definition) is 9. The molecule has 10 nitrogen and oxygen atoms in total. The number of benzene rings is 2. The molecule has 28 heavy (non-hydrogen) atoms.